The number of nitrogens with one attached hydrogen (secondary N) is 1. The summed E-state index contributed by atoms with van der Waals surface area (Å²) in [5, 5.41) is 12.3. The molecule has 10 heteroatoms. The van der Waals surface area contributed by atoms with Crippen molar-refractivity contribution in [3.63, 3.8) is 0 Å². The number of amides is 2. The zero-order chi connectivity index (χ0) is 23.0. The van der Waals surface area contributed by atoms with Gasteiger partial charge in [-0.15, -0.1) is 0 Å². The molecule has 0 aromatic heterocycles. The molecule has 0 fully saturated rings. The van der Waals surface area contributed by atoms with Gasteiger partial charge in [0.25, 0.3) is 5.91 Å². The van der Waals surface area contributed by atoms with Gasteiger partial charge in [-0.2, -0.15) is 0 Å². The molecular formula is C21H26N2O8. The summed E-state index contributed by atoms with van der Waals surface area (Å²) < 4.78 is 20.1. The summed E-state index contributed by atoms with van der Waals surface area (Å²) in [6.45, 7) is 3.15. The van der Waals surface area contributed by atoms with Crippen LogP contribution >= 0.6 is 0 Å². The third-order valence-corrected chi connectivity index (χ3v) is 4.58. The summed E-state index contributed by atoms with van der Waals surface area (Å²) in [7, 11) is 4.11. The lowest BCUT2D eigenvalue weighted by molar-refractivity contribution is -0.139. The molecule has 1 heterocycles. The number of hydrogen-bond donors (Lipinski definition) is 2. The van der Waals surface area contributed by atoms with Crippen LogP contribution in [0.3, 0.4) is 0 Å². The van der Waals surface area contributed by atoms with E-state index in [9.17, 15) is 19.5 Å². The van der Waals surface area contributed by atoms with E-state index in [0.717, 1.165) is 0 Å². The van der Waals surface area contributed by atoms with E-state index in [1.54, 1.807) is 0 Å². The molecule has 2 amide bonds. The molecule has 168 valence electrons. The standard InChI is InChI=1S/C21H26N2O8/c1-5-6-31-21(27)22-16-10-18(29-3)17(28-2)9-15(16)20(26)23-11-13(7-14(23)12-24)8-19(25)30-4/h5,9-11,14,24H,1,6-8,12H2,2-4H3,(H,22,27). The lowest BCUT2D eigenvalue weighted by Gasteiger charge is -2.24. The molecule has 0 saturated carbocycles. The lowest BCUT2D eigenvalue weighted by atomic mass is 10.1. The Hall–Kier alpha value is -3.53. The second-order valence-electron chi connectivity index (χ2n) is 6.56. The number of aliphatic hydroxyl groups excluding tert-OH is 1. The number of hydrogen-bond acceptors (Lipinski definition) is 8. The number of carbonyl (C=O) groups excluding carboxylic acids is 3. The molecule has 1 unspecified atom stereocenters. The largest absolute Gasteiger partial charge is 0.493 e. The van der Waals surface area contributed by atoms with E-state index in [1.165, 1.54) is 50.6 Å². The van der Waals surface area contributed by atoms with Crippen molar-refractivity contribution in [3.05, 3.63) is 42.1 Å². The van der Waals surface area contributed by atoms with E-state index in [2.05, 4.69) is 16.6 Å². The first kappa shape index (κ1) is 23.7. The molecule has 1 atom stereocenters. The number of esters is 1. The Kier molecular flexibility index (Phi) is 8.44. The Bertz CT molecular complexity index is 880. The van der Waals surface area contributed by atoms with Crippen LogP contribution in [0.2, 0.25) is 0 Å². The highest BCUT2D eigenvalue weighted by Crippen LogP contribution is 2.36. The van der Waals surface area contributed by atoms with Crippen molar-refractivity contribution in [2.24, 2.45) is 0 Å². The van der Waals surface area contributed by atoms with Crippen LogP contribution in [0.25, 0.3) is 0 Å². The van der Waals surface area contributed by atoms with Crippen molar-refractivity contribution in [2.75, 3.05) is 39.9 Å². The van der Waals surface area contributed by atoms with Crippen molar-refractivity contribution in [3.8, 4) is 11.5 Å². The van der Waals surface area contributed by atoms with Crippen LogP contribution in [0.4, 0.5) is 10.5 Å². The molecule has 0 saturated heterocycles. The summed E-state index contributed by atoms with van der Waals surface area (Å²) in [4.78, 5) is 38.3. The second kappa shape index (κ2) is 11.0. The highest BCUT2D eigenvalue weighted by atomic mass is 16.5. The van der Waals surface area contributed by atoms with E-state index in [4.69, 9.17) is 14.2 Å². The van der Waals surface area contributed by atoms with Gasteiger partial charge in [-0.25, -0.2) is 4.79 Å². The van der Waals surface area contributed by atoms with Crippen LogP contribution in [-0.2, 0) is 14.3 Å². The quantitative estimate of drug-likeness (QED) is 0.447. The minimum Gasteiger partial charge on any atom is -0.493 e. The summed E-state index contributed by atoms with van der Waals surface area (Å²) >= 11 is 0. The van der Waals surface area contributed by atoms with Crippen molar-refractivity contribution in [2.45, 2.75) is 18.9 Å². The molecule has 0 radical (unpaired) electrons. The molecule has 31 heavy (non-hydrogen) atoms. The predicted octanol–water partition coefficient (Wildman–Crippen LogP) is 2.09. The van der Waals surface area contributed by atoms with Gasteiger partial charge in [-0.1, -0.05) is 12.7 Å². The maximum absolute atomic E-state index is 13.4. The zero-order valence-corrected chi connectivity index (χ0v) is 17.7. The van der Waals surface area contributed by atoms with Crippen molar-refractivity contribution >= 4 is 23.7 Å². The molecule has 1 aromatic carbocycles. The normalized spacial score (nSPS) is 15.0. The van der Waals surface area contributed by atoms with Crippen LogP contribution < -0.4 is 14.8 Å². The Morgan fingerprint density at radius 2 is 1.90 bits per heavy atom. The van der Waals surface area contributed by atoms with E-state index in [0.29, 0.717) is 17.7 Å². The Morgan fingerprint density at radius 3 is 2.48 bits per heavy atom. The van der Waals surface area contributed by atoms with Gasteiger partial charge in [0.1, 0.15) is 6.61 Å². The minimum atomic E-state index is -0.789. The number of methoxy groups -OCH3 is 3. The predicted molar refractivity (Wildman–Crippen MR) is 111 cm³/mol. The van der Waals surface area contributed by atoms with E-state index >= 15 is 0 Å². The molecule has 10 nitrogen and oxygen atoms in total. The number of rotatable bonds is 9. The van der Waals surface area contributed by atoms with Gasteiger partial charge in [0.2, 0.25) is 0 Å². The Labute approximate surface area is 180 Å². The average molecular weight is 434 g/mol. The van der Waals surface area contributed by atoms with Crippen molar-refractivity contribution in [1.82, 2.24) is 4.90 Å². The number of ether oxygens (including phenoxy) is 4. The number of nitrogens with zero attached hydrogens (tertiary/aromatic N) is 1. The smallest absolute Gasteiger partial charge is 0.411 e. The molecule has 1 aromatic rings. The molecule has 1 aliphatic heterocycles. The minimum absolute atomic E-state index is 0.00169. The topological polar surface area (TPSA) is 124 Å². The summed E-state index contributed by atoms with van der Waals surface area (Å²) in [5.41, 5.74) is 0.852. The fraction of sp³-hybridized carbons (Fsp3) is 0.381. The summed E-state index contributed by atoms with van der Waals surface area (Å²) in [6.07, 6.45) is 2.44. The maximum Gasteiger partial charge on any atom is 0.411 e. The van der Waals surface area contributed by atoms with E-state index in [1.807, 2.05) is 0 Å². The second-order valence-corrected chi connectivity index (χ2v) is 6.56. The monoisotopic (exact) mass is 434 g/mol. The van der Waals surface area contributed by atoms with Crippen LogP contribution in [0, 0.1) is 0 Å². The molecule has 0 bridgehead atoms. The Morgan fingerprint density at radius 1 is 1.23 bits per heavy atom. The van der Waals surface area contributed by atoms with Gasteiger partial charge in [0, 0.05) is 12.3 Å². The van der Waals surface area contributed by atoms with E-state index < -0.39 is 24.0 Å². The first-order valence-electron chi connectivity index (χ1n) is 9.39. The molecule has 0 aliphatic carbocycles. The van der Waals surface area contributed by atoms with Crippen molar-refractivity contribution < 1.29 is 38.4 Å². The fourth-order valence-corrected chi connectivity index (χ4v) is 3.09. The van der Waals surface area contributed by atoms with Crippen LogP contribution in [0.15, 0.2) is 36.6 Å². The highest BCUT2D eigenvalue weighted by molar-refractivity contribution is 6.04. The number of benzene rings is 1. The average Bonchev–Trinajstić information content (AvgIpc) is 3.19. The van der Waals surface area contributed by atoms with Crippen molar-refractivity contribution in [1.29, 1.82) is 0 Å². The first-order valence-corrected chi connectivity index (χ1v) is 9.39. The van der Waals surface area contributed by atoms with Gasteiger partial charge in [0.15, 0.2) is 11.5 Å². The molecule has 0 spiro atoms. The zero-order valence-electron chi connectivity index (χ0n) is 17.7. The number of aliphatic hydroxyl groups is 1. The molecule has 1 aliphatic rings. The fourth-order valence-electron chi connectivity index (χ4n) is 3.09. The lowest BCUT2D eigenvalue weighted by Crippen LogP contribution is -2.36. The molecule has 2 N–H and O–H groups in total. The first-order chi connectivity index (χ1) is 14.9. The maximum atomic E-state index is 13.4. The van der Waals surface area contributed by atoms with Gasteiger partial charge < -0.3 is 29.0 Å². The molecule has 2 rings (SSSR count). The summed E-state index contributed by atoms with van der Waals surface area (Å²) in [5.74, 6) is -0.399. The SMILES string of the molecule is C=CCOC(=O)Nc1cc(OC)c(OC)cc1C(=O)N1C=C(CC(=O)OC)CC1CO. The highest BCUT2D eigenvalue weighted by Gasteiger charge is 2.32. The van der Waals surface area contributed by atoms with Crippen LogP contribution in [0.1, 0.15) is 23.2 Å². The third-order valence-electron chi connectivity index (χ3n) is 4.58. The van der Waals surface area contributed by atoms with E-state index in [-0.39, 0.29) is 36.6 Å². The van der Waals surface area contributed by atoms with Gasteiger partial charge in [0.05, 0.1) is 51.6 Å². The molecular weight excluding hydrogens is 408 g/mol. The van der Waals surface area contributed by atoms with Gasteiger partial charge in [-0.05, 0) is 18.1 Å². The summed E-state index contributed by atoms with van der Waals surface area (Å²) in [6, 6.07) is 2.29. The number of carbonyl (C=O) groups is 3. The van der Waals surface area contributed by atoms with Gasteiger partial charge in [-0.3, -0.25) is 14.9 Å². The third kappa shape index (κ3) is 5.76. The van der Waals surface area contributed by atoms with Crippen LogP contribution in [0.5, 0.6) is 11.5 Å². The van der Waals surface area contributed by atoms with Gasteiger partial charge >= 0.3 is 12.1 Å². The number of anilines is 1. The Balaban J connectivity index is 2.43. The van der Waals surface area contributed by atoms with Crippen LogP contribution in [-0.4, -0.2) is 68.6 Å².